The van der Waals surface area contributed by atoms with E-state index in [0.29, 0.717) is 0 Å². The molecule has 0 heterocycles. The molecule has 1 rings (SSSR count). The van der Waals surface area contributed by atoms with Crippen molar-refractivity contribution >= 4 is 0 Å². The normalized spacial score (nSPS) is 18.2. The minimum atomic E-state index is 0.911. The van der Waals surface area contributed by atoms with Crippen molar-refractivity contribution in [2.75, 3.05) is 0 Å². The predicted octanol–water partition coefficient (Wildman–Crippen LogP) is 3.20. The predicted molar refractivity (Wildman–Crippen MR) is 49.1 cm³/mol. The summed E-state index contributed by atoms with van der Waals surface area (Å²) in [7, 11) is 0. The highest BCUT2D eigenvalue weighted by Crippen LogP contribution is 1.96. The zero-order valence-electron chi connectivity index (χ0n) is 6.66. The summed E-state index contributed by atoms with van der Waals surface area (Å²) in [6, 6.07) is 0. The van der Waals surface area contributed by atoms with Crippen LogP contribution < -0.4 is 0 Å². The summed E-state index contributed by atoms with van der Waals surface area (Å²) < 4.78 is 0. The summed E-state index contributed by atoms with van der Waals surface area (Å²) in [5.74, 6) is 0. The van der Waals surface area contributed by atoms with Gasteiger partial charge < -0.3 is 0 Å². The molecule has 0 unspecified atom stereocenters. The highest BCUT2D eigenvalue weighted by molar-refractivity contribution is 5.07. The third-order valence-electron chi connectivity index (χ3n) is 1.47. The Kier molecular flexibility index (Phi) is 4.19. The molecule has 0 saturated carbocycles. The van der Waals surface area contributed by atoms with E-state index in [2.05, 4.69) is 42.5 Å². The monoisotopic (exact) mass is 145 g/mol. The fourth-order valence-corrected chi connectivity index (χ4v) is 0.882. The largest absolute Gasteiger partial charge is 0.0842 e. The van der Waals surface area contributed by atoms with Crippen LogP contribution in [0.25, 0.3) is 0 Å². The van der Waals surface area contributed by atoms with Gasteiger partial charge in [0.25, 0.3) is 0 Å². The van der Waals surface area contributed by atoms with Crippen LogP contribution in [0.5, 0.6) is 0 Å². The molecule has 0 nitrogen and oxygen atoms in total. The van der Waals surface area contributed by atoms with E-state index in [-0.39, 0.29) is 0 Å². The molecule has 0 fully saturated rings. The SMILES string of the molecule is [C]1=CC=CCCC=CC=CC1. The Labute approximate surface area is 68.6 Å². The second kappa shape index (κ2) is 5.72. The van der Waals surface area contributed by atoms with Gasteiger partial charge in [-0.3, -0.25) is 0 Å². The molecule has 0 aromatic rings. The smallest absolute Gasteiger partial charge is 0.00915 e. The maximum Gasteiger partial charge on any atom is -0.00915 e. The summed E-state index contributed by atoms with van der Waals surface area (Å²) in [5, 5.41) is 0. The Hall–Kier alpha value is -1.04. The summed E-state index contributed by atoms with van der Waals surface area (Å²) >= 11 is 0. The molecular weight excluding hydrogens is 132 g/mol. The molecule has 1 aliphatic carbocycles. The lowest BCUT2D eigenvalue weighted by Crippen LogP contribution is -1.62. The molecular formula is C11H13. The van der Waals surface area contributed by atoms with Crippen molar-refractivity contribution in [1.29, 1.82) is 0 Å². The summed E-state index contributed by atoms with van der Waals surface area (Å²) in [6.07, 6.45) is 21.0. The van der Waals surface area contributed by atoms with E-state index in [0.717, 1.165) is 19.3 Å². The molecule has 0 aromatic heterocycles. The van der Waals surface area contributed by atoms with Gasteiger partial charge in [0.05, 0.1) is 0 Å². The quantitative estimate of drug-likeness (QED) is 0.491. The van der Waals surface area contributed by atoms with E-state index >= 15 is 0 Å². The number of hydrogen-bond acceptors (Lipinski definition) is 0. The van der Waals surface area contributed by atoms with Crippen LogP contribution >= 0.6 is 0 Å². The van der Waals surface area contributed by atoms with Crippen molar-refractivity contribution in [3.63, 3.8) is 0 Å². The highest BCUT2D eigenvalue weighted by Gasteiger charge is 1.76. The zero-order valence-corrected chi connectivity index (χ0v) is 6.66. The van der Waals surface area contributed by atoms with Gasteiger partial charge in [0.2, 0.25) is 0 Å². The van der Waals surface area contributed by atoms with Crippen molar-refractivity contribution < 1.29 is 0 Å². The molecule has 0 saturated heterocycles. The molecule has 0 spiro atoms. The van der Waals surface area contributed by atoms with Gasteiger partial charge in [0.15, 0.2) is 0 Å². The van der Waals surface area contributed by atoms with Crippen molar-refractivity contribution in [2.45, 2.75) is 19.3 Å². The number of allylic oxidation sites excluding steroid dienone is 8. The summed E-state index contributed by atoms with van der Waals surface area (Å²) in [4.78, 5) is 0. The third kappa shape index (κ3) is 4.38. The van der Waals surface area contributed by atoms with E-state index in [4.69, 9.17) is 0 Å². The van der Waals surface area contributed by atoms with Crippen LogP contribution in [-0.2, 0) is 0 Å². The van der Waals surface area contributed by atoms with E-state index in [9.17, 15) is 0 Å². The second-order valence-corrected chi connectivity index (χ2v) is 2.44. The first-order valence-electron chi connectivity index (χ1n) is 4.03. The van der Waals surface area contributed by atoms with Gasteiger partial charge in [-0.1, -0.05) is 42.5 Å². The van der Waals surface area contributed by atoms with Crippen LogP contribution in [0.1, 0.15) is 19.3 Å². The number of rotatable bonds is 0. The fourth-order valence-electron chi connectivity index (χ4n) is 0.882. The topological polar surface area (TPSA) is 0 Å². The molecule has 0 N–H and O–H groups in total. The Morgan fingerprint density at radius 1 is 0.818 bits per heavy atom. The van der Waals surface area contributed by atoms with Crippen molar-refractivity contribution in [3.05, 3.63) is 48.6 Å². The molecule has 57 valence electrons. The van der Waals surface area contributed by atoms with E-state index in [1.165, 1.54) is 0 Å². The van der Waals surface area contributed by atoms with E-state index in [1.807, 2.05) is 6.08 Å². The second-order valence-electron chi connectivity index (χ2n) is 2.44. The summed E-state index contributed by atoms with van der Waals surface area (Å²) in [5.41, 5.74) is 0. The molecule has 0 atom stereocenters. The van der Waals surface area contributed by atoms with Gasteiger partial charge in [-0.05, 0) is 25.3 Å². The lowest BCUT2D eigenvalue weighted by Gasteiger charge is -1.82. The van der Waals surface area contributed by atoms with Crippen molar-refractivity contribution in [1.82, 2.24) is 0 Å². The van der Waals surface area contributed by atoms with Gasteiger partial charge in [0, 0.05) is 0 Å². The minimum Gasteiger partial charge on any atom is -0.0842 e. The maximum absolute atomic E-state index is 3.15. The lowest BCUT2D eigenvalue weighted by molar-refractivity contribution is 1.05. The standard InChI is InChI=1S/C11H13/c1-2-4-6-8-10-11-9-7-5-3-1/h1-4,9-11H,5-7H2. The molecule has 0 amide bonds. The first-order chi connectivity index (χ1) is 5.50. The van der Waals surface area contributed by atoms with Gasteiger partial charge in [-0.25, -0.2) is 0 Å². The molecule has 0 bridgehead atoms. The average molecular weight is 145 g/mol. The number of hydrogen-bond donors (Lipinski definition) is 0. The molecule has 0 heteroatoms. The minimum absolute atomic E-state index is 0.911. The Bertz CT molecular complexity index is 170. The Morgan fingerprint density at radius 2 is 1.55 bits per heavy atom. The molecule has 11 heavy (non-hydrogen) atoms. The molecule has 0 aromatic carbocycles. The van der Waals surface area contributed by atoms with Crippen LogP contribution in [0.2, 0.25) is 0 Å². The third-order valence-corrected chi connectivity index (χ3v) is 1.47. The lowest BCUT2D eigenvalue weighted by atomic mass is 10.2. The van der Waals surface area contributed by atoms with Crippen molar-refractivity contribution in [2.24, 2.45) is 0 Å². The van der Waals surface area contributed by atoms with Gasteiger partial charge in [0.1, 0.15) is 0 Å². The van der Waals surface area contributed by atoms with Gasteiger partial charge >= 0.3 is 0 Å². The first kappa shape index (κ1) is 8.06. The van der Waals surface area contributed by atoms with Crippen LogP contribution in [0.4, 0.5) is 0 Å². The zero-order chi connectivity index (χ0) is 7.78. The van der Waals surface area contributed by atoms with Gasteiger partial charge in [-0.2, -0.15) is 0 Å². The first-order valence-corrected chi connectivity index (χ1v) is 4.03. The van der Waals surface area contributed by atoms with Gasteiger partial charge in [-0.15, -0.1) is 0 Å². The summed E-state index contributed by atoms with van der Waals surface area (Å²) in [6.45, 7) is 0. The van der Waals surface area contributed by atoms with E-state index in [1.54, 1.807) is 0 Å². The van der Waals surface area contributed by atoms with E-state index < -0.39 is 0 Å². The average Bonchev–Trinajstić information content (AvgIpc) is 2.08. The molecule has 1 aliphatic rings. The van der Waals surface area contributed by atoms with Crippen LogP contribution in [0, 0.1) is 6.08 Å². The molecule has 1 radical (unpaired) electrons. The highest BCUT2D eigenvalue weighted by atomic mass is 13.8. The Morgan fingerprint density at radius 3 is 2.45 bits per heavy atom. The Balaban J connectivity index is 2.47. The van der Waals surface area contributed by atoms with Crippen LogP contribution in [0.15, 0.2) is 42.5 Å². The fraction of sp³-hybridized carbons (Fsp3) is 0.273. The molecule has 0 aliphatic heterocycles. The van der Waals surface area contributed by atoms with Crippen LogP contribution in [0.3, 0.4) is 0 Å². The maximum atomic E-state index is 3.15. The van der Waals surface area contributed by atoms with Crippen molar-refractivity contribution in [3.8, 4) is 0 Å². The van der Waals surface area contributed by atoms with Crippen LogP contribution in [-0.4, -0.2) is 0 Å².